The highest BCUT2D eigenvalue weighted by Crippen LogP contribution is 2.45. The molecular weight excluding hydrogens is 588 g/mol. The maximum absolute atomic E-state index is 13.9. The number of nitrogens with zero attached hydrogens (tertiary/aromatic N) is 2. The van der Waals surface area contributed by atoms with Gasteiger partial charge in [0.05, 0.1) is 36.4 Å². The minimum Gasteiger partial charge on any atom is -0.493 e. The van der Waals surface area contributed by atoms with Gasteiger partial charge in [0.25, 0.3) is 5.91 Å². The van der Waals surface area contributed by atoms with Crippen molar-refractivity contribution in [2.45, 2.75) is 19.9 Å². The van der Waals surface area contributed by atoms with E-state index in [0.29, 0.717) is 32.6 Å². The van der Waals surface area contributed by atoms with E-state index >= 15 is 0 Å². The molecule has 2 aromatic heterocycles. The molecule has 1 atom stereocenters. The predicted octanol–water partition coefficient (Wildman–Crippen LogP) is 5.82. The highest BCUT2D eigenvalue weighted by Gasteiger charge is 2.45. The Morgan fingerprint density at radius 2 is 2.03 bits per heavy atom. The van der Waals surface area contributed by atoms with Gasteiger partial charge in [-0.05, 0) is 49.7 Å². The third-order valence-corrected chi connectivity index (χ3v) is 7.77. The van der Waals surface area contributed by atoms with Gasteiger partial charge in [-0.2, -0.15) is 0 Å². The lowest BCUT2D eigenvalue weighted by atomic mass is 9.98. The lowest BCUT2D eigenvalue weighted by Gasteiger charge is -2.23. The normalized spacial score (nSPS) is 14.4. The van der Waals surface area contributed by atoms with Gasteiger partial charge >= 0.3 is 5.97 Å². The van der Waals surface area contributed by atoms with Crippen LogP contribution >= 0.6 is 27.3 Å². The van der Waals surface area contributed by atoms with Crippen molar-refractivity contribution < 1.29 is 28.2 Å². The van der Waals surface area contributed by atoms with Crippen molar-refractivity contribution in [3.05, 3.63) is 91.2 Å². The van der Waals surface area contributed by atoms with E-state index in [1.54, 1.807) is 56.3 Å². The quantitative estimate of drug-likeness (QED) is 0.181. The zero-order chi connectivity index (χ0) is 27.8. The van der Waals surface area contributed by atoms with Gasteiger partial charge in [0, 0.05) is 4.47 Å². The number of esters is 1. The molecule has 3 heterocycles. The number of halogens is 1. The van der Waals surface area contributed by atoms with Crippen molar-refractivity contribution in [3.63, 3.8) is 0 Å². The fraction of sp³-hybridized carbons (Fsp3) is 0.214. The molecule has 1 aliphatic rings. The van der Waals surface area contributed by atoms with E-state index in [-0.39, 0.29) is 45.6 Å². The average Bonchev–Trinajstić information content (AvgIpc) is 3.45. The number of ether oxygens (including phenoxy) is 3. The summed E-state index contributed by atoms with van der Waals surface area (Å²) in [6.07, 6.45) is 1.61. The largest absolute Gasteiger partial charge is 0.493 e. The van der Waals surface area contributed by atoms with Crippen molar-refractivity contribution in [1.82, 2.24) is 4.98 Å². The van der Waals surface area contributed by atoms with Crippen molar-refractivity contribution in [1.29, 1.82) is 0 Å². The molecule has 11 heteroatoms. The van der Waals surface area contributed by atoms with E-state index in [1.807, 2.05) is 0 Å². The summed E-state index contributed by atoms with van der Waals surface area (Å²) in [7, 11) is 1.50. The van der Waals surface area contributed by atoms with Crippen LogP contribution in [0, 0.1) is 6.92 Å². The van der Waals surface area contributed by atoms with Crippen LogP contribution in [0.2, 0.25) is 0 Å². The zero-order valence-corrected chi connectivity index (χ0v) is 23.7. The Morgan fingerprint density at radius 1 is 1.23 bits per heavy atom. The Morgan fingerprint density at radius 3 is 2.74 bits per heavy atom. The van der Waals surface area contributed by atoms with Crippen LogP contribution < -0.4 is 19.8 Å². The van der Waals surface area contributed by atoms with E-state index in [2.05, 4.69) is 27.5 Å². The summed E-state index contributed by atoms with van der Waals surface area (Å²) in [4.78, 5) is 46.5. The second-order valence-electron chi connectivity index (χ2n) is 8.53. The number of amides is 1. The lowest BCUT2D eigenvalue weighted by Crippen LogP contribution is -2.29. The van der Waals surface area contributed by atoms with E-state index in [4.69, 9.17) is 18.6 Å². The molecule has 5 rings (SSSR count). The van der Waals surface area contributed by atoms with Crippen LogP contribution in [0.15, 0.2) is 62.7 Å². The number of thiazole rings is 1. The third-order valence-electron chi connectivity index (χ3n) is 6.14. The first-order valence-electron chi connectivity index (χ1n) is 11.9. The van der Waals surface area contributed by atoms with E-state index in [1.165, 1.54) is 12.0 Å². The number of hydrogen-bond donors (Lipinski definition) is 0. The fourth-order valence-corrected chi connectivity index (χ4v) is 5.80. The fourth-order valence-electron chi connectivity index (χ4n) is 4.45. The van der Waals surface area contributed by atoms with Crippen molar-refractivity contribution >= 4 is 55.2 Å². The average molecular weight is 611 g/mol. The van der Waals surface area contributed by atoms with Crippen LogP contribution in [0.25, 0.3) is 11.0 Å². The highest BCUT2D eigenvalue weighted by atomic mass is 79.9. The second kappa shape index (κ2) is 10.7. The molecule has 1 amide bonds. The summed E-state index contributed by atoms with van der Waals surface area (Å²) in [5.41, 5.74) is 1.08. The van der Waals surface area contributed by atoms with Crippen LogP contribution in [-0.2, 0) is 4.74 Å². The number of carbonyl (C=O) groups excluding carboxylic acids is 2. The first-order chi connectivity index (χ1) is 18.8. The van der Waals surface area contributed by atoms with Gasteiger partial charge in [-0.1, -0.05) is 46.0 Å². The first-order valence-corrected chi connectivity index (χ1v) is 13.6. The van der Waals surface area contributed by atoms with Crippen LogP contribution in [-0.4, -0.2) is 37.2 Å². The third kappa shape index (κ3) is 4.61. The molecule has 1 aliphatic heterocycles. The molecule has 0 aliphatic carbocycles. The summed E-state index contributed by atoms with van der Waals surface area (Å²) >= 11 is 4.42. The molecule has 0 radical (unpaired) electrons. The van der Waals surface area contributed by atoms with E-state index in [9.17, 15) is 14.4 Å². The Labute approximate surface area is 235 Å². The monoisotopic (exact) mass is 610 g/mol. The molecule has 4 aromatic rings. The van der Waals surface area contributed by atoms with Gasteiger partial charge in [0.15, 0.2) is 22.1 Å². The van der Waals surface area contributed by atoms with Gasteiger partial charge in [0.1, 0.15) is 17.1 Å². The Bertz CT molecular complexity index is 1690. The van der Waals surface area contributed by atoms with Crippen LogP contribution in [0.1, 0.15) is 50.0 Å². The minimum absolute atomic E-state index is 0.0867. The molecule has 0 spiro atoms. The standard InChI is InChI=1S/C28H23BrN2O7S/c1-5-11-37-19-9-7-15(12-20(19)35-4)22-21-23(32)17-13-16(29)8-10-18(17)38-24(21)26(33)31(22)28-30-14(3)25(39-28)27(34)36-6-2/h5,7-10,12-13,22H,1,6,11H2,2-4H3. The maximum Gasteiger partial charge on any atom is 0.350 e. The van der Waals surface area contributed by atoms with Crippen LogP contribution in [0.5, 0.6) is 11.5 Å². The second-order valence-corrected chi connectivity index (χ2v) is 10.4. The predicted molar refractivity (Wildman–Crippen MR) is 150 cm³/mol. The molecule has 0 bridgehead atoms. The molecule has 2 aromatic carbocycles. The molecule has 0 N–H and O–H groups in total. The molecule has 1 unspecified atom stereocenters. The molecule has 200 valence electrons. The minimum atomic E-state index is -0.907. The van der Waals surface area contributed by atoms with Crippen molar-refractivity contribution in [2.75, 3.05) is 25.2 Å². The van der Waals surface area contributed by atoms with Gasteiger partial charge in [0.2, 0.25) is 5.76 Å². The Hall–Kier alpha value is -3.96. The highest BCUT2D eigenvalue weighted by molar-refractivity contribution is 9.10. The van der Waals surface area contributed by atoms with Gasteiger partial charge in [-0.3, -0.25) is 14.5 Å². The smallest absolute Gasteiger partial charge is 0.350 e. The number of anilines is 1. The maximum atomic E-state index is 13.9. The number of aryl methyl sites for hydroxylation is 1. The summed E-state index contributed by atoms with van der Waals surface area (Å²) in [5.74, 6) is -0.287. The number of benzene rings is 2. The summed E-state index contributed by atoms with van der Waals surface area (Å²) in [6, 6.07) is 9.27. The number of aromatic nitrogens is 1. The molecule has 0 saturated heterocycles. The number of fused-ring (bicyclic) bond motifs is 2. The summed E-state index contributed by atoms with van der Waals surface area (Å²) in [5, 5.41) is 0.552. The van der Waals surface area contributed by atoms with Crippen molar-refractivity contribution in [3.8, 4) is 11.5 Å². The van der Waals surface area contributed by atoms with Crippen molar-refractivity contribution in [2.24, 2.45) is 0 Å². The summed E-state index contributed by atoms with van der Waals surface area (Å²) < 4.78 is 23.1. The Kier molecular flexibility index (Phi) is 7.28. The van der Waals surface area contributed by atoms with E-state index in [0.717, 1.165) is 11.3 Å². The number of methoxy groups -OCH3 is 1. The van der Waals surface area contributed by atoms with E-state index < -0.39 is 17.9 Å². The number of rotatable bonds is 8. The first kappa shape index (κ1) is 26.6. The zero-order valence-electron chi connectivity index (χ0n) is 21.3. The SMILES string of the molecule is C=CCOc1ccc(C2c3c(oc4ccc(Br)cc4c3=O)C(=O)N2c2nc(C)c(C(=O)OCC)s2)cc1OC. The van der Waals surface area contributed by atoms with Gasteiger partial charge in [-0.25, -0.2) is 9.78 Å². The molecular formula is C28H23BrN2O7S. The molecule has 9 nitrogen and oxygen atoms in total. The number of hydrogen-bond acceptors (Lipinski definition) is 9. The van der Waals surface area contributed by atoms with Gasteiger partial charge in [-0.15, -0.1) is 0 Å². The molecule has 0 fully saturated rings. The molecule has 39 heavy (non-hydrogen) atoms. The molecule has 0 saturated carbocycles. The summed E-state index contributed by atoms with van der Waals surface area (Å²) in [6.45, 7) is 7.51. The Balaban J connectivity index is 1.74. The van der Waals surface area contributed by atoms with Crippen LogP contribution in [0.3, 0.4) is 0 Å². The number of carbonyl (C=O) groups is 2. The topological polar surface area (TPSA) is 108 Å². The lowest BCUT2D eigenvalue weighted by molar-refractivity contribution is 0.0531. The van der Waals surface area contributed by atoms with Crippen LogP contribution in [0.4, 0.5) is 5.13 Å². The van der Waals surface area contributed by atoms with Gasteiger partial charge < -0.3 is 18.6 Å².